The van der Waals surface area contributed by atoms with Crippen LogP contribution in [0.2, 0.25) is 0 Å². The van der Waals surface area contributed by atoms with Gasteiger partial charge in [0.1, 0.15) is 66.5 Å². The molecule has 10 amide bonds. The SMILES string of the molecule is CC=CCC(C)C(NC(=O)C(NC(=O)C1CC(C)N(C(=O)C(C)NC(=O)C(CC(C)C)NC(=O)C(NC(=O)OC(C)(C)C)C(C)C)C(C)C(=O)N(C)C(CC(C)C)C(=O)N1)C(C)C)C(=O)NC(CC)C(=O)NCC(=O)OC. The normalized spacial score (nSPS) is 20.2. The maximum atomic E-state index is 14.8. The molecule has 0 spiro atoms. The van der Waals surface area contributed by atoms with Crippen molar-refractivity contribution in [2.24, 2.45) is 29.6 Å². The maximum absolute atomic E-state index is 14.8. The van der Waals surface area contributed by atoms with Gasteiger partial charge in [-0.1, -0.05) is 81.4 Å². The summed E-state index contributed by atoms with van der Waals surface area (Å²) in [5.41, 5.74) is -0.839. The molecule has 23 heteroatoms. The highest BCUT2D eigenvalue weighted by atomic mass is 16.6. The third kappa shape index (κ3) is 22.3. The Labute approximate surface area is 456 Å². The minimum absolute atomic E-state index is 0.113. The largest absolute Gasteiger partial charge is 0.468 e. The Balaban J connectivity index is 3.71. The van der Waals surface area contributed by atoms with Gasteiger partial charge in [0.25, 0.3) is 0 Å². The fraction of sp³-hybridized carbons (Fsp3) is 0.759. The molecule has 0 aliphatic carbocycles. The number of esters is 1. The van der Waals surface area contributed by atoms with Crippen LogP contribution in [-0.2, 0) is 57.4 Å². The minimum atomic E-state index is -1.40. The number of hydrogen-bond donors (Lipinski definition) is 8. The molecule has 1 saturated heterocycles. The van der Waals surface area contributed by atoms with Crippen LogP contribution in [0.25, 0.3) is 0 Å². The van der Waals surface area contributed by atoms with E-state index in [1.54, 1.807) is 82.2 Å². The van der Waals surface area contributed by atoms with Crippen molar-refractivity contribution in [1.82, 2.24) is 52.3 Å². The molecular weight excluding hydrogens is 997 g/mol. The monoisotopic (exact) mass is 1090 g/mol. The van der Waals surface area contributed by atoms with Crippen molar-refractivity contribution in [3.8, 4) is 0 Å². The zero-order valence-corrected chi connectivity index (χ0v) is 49.3. The van der Waals surface area contributed by atoms with E-state index >= 15 is 0 Å². The quantitative estimate of drug-likeness (QED) is 0.0482. The number of ether oxygens (including phenoxy) is 2. The summed E-state index contributed by atoms with van der Waals surface area (Å²) in [6, 6.07) is -11.8. The molecule has 77 heavy (non-hydrogen) atoms. The molecule has 0 aromatic rings. The molecule has 1 heterocycles. The zero-order valence-electron chi connectivity index (χ0n) is 49.3. The number of rotatable bonds is 25. The van der Waals surface area contributed by atoms with Gasteiger partial charge in [-0.25, -0.2) is 4.79 Å². The molecule has 11 unspecified atom stereocenters. The van der Waals surface area contributed by atoms with Crippen molar-refractivity contribution < 1.29 is 62.2 Å². The van der Waals surface area contributed by atoms with Crippen molar-refractivity contribution in [3.05, 3.63) is 12.2 Å². The first-order valence-corrected chi connectivity index (χ1v) is 27.0. The second kappa shape index (κ2) is 31.8. The van der Waals surface area contributed by atoms with Gasteiger partial charge < -0.3 is 61.8 Å². The number of nitrogens with zero attached hydrogens (tertiary/aromatic N) is 2. The lowest BCUT2D eigenvalue weighted by molar-refractivity contribution is -0.153. The average molecular weight is 1090 g/mol. The van der Waals surface area contributed by atoms with Crippen molar-refractivity contribution in [3.63, 3.8) is 0 Å². The number of likely N-dealkylation sites (N-methyl/N-ethyl adjacent to an activating group) is 1. The van der Waals surface area contributed by atoms with Crippen LogP contribution in [0.15, 0.2) is 12.2 Å². The maximum Gasteiger partial charge on any atom is 0.408 e. The fourth-order valence-corrected chi connectivity index (χ4v) is 8.69. The summed E-state index contributed by atoms with van der Waals surface area (Å²) in [6.45, 7) is 28.5. The third-order valence-electron chi connectivity index (χ3n) is 13.0. The standard InChI is InChI=1S/C54H94N10O13/c1-20-22-23-32(11)43(50(72)57-36(21-2)44(66)55-27-40(65)76-19)61-49(71)41(30(7)8)60-46(68)38-26-33(12)64(35(14)52(74)63(18)39(25-29(5)6)47(69)58-38)51(73)34(13)56-45(67)37(24-28(3)4)59-48(70)42(31(9)10)62-53(75)77-54(15,16)17/h20,22,28-39,41-43H,21,23-27H2,1-19H3,(H,55,66)(H,56,67)(H,57,72)(H,58,69)(H,59,70)(H,60,68)(H,61,71)(H,62,75). The van der Waals surface area contributed by atoms with E-state index in [9.17, 15) is 52.7 Å². The van der Waals surface area contributed by atoms with Crippen molar-refractivity contribution in [1.29, 1.82) is 0 Å². The van der Waals surface area contributed by atoms with E-state index in [0.29, 0.717) is 6.42 Å². The first kappa shape index (κ1) is 68.7. The number of alkyl carbamates (subject to hydrolysis) is 1. The zero-order chi connectivity index (χ0) is 59.4. The van der Waals surface area contributed by atoms with E-state index in [4.69, 9.17) is 4.74 Å². The van der Waals surface area contributed by atoms with Gasteiger partial charge >= 0.3 is 12.1 Å². The van der Waals surface area contributed by atoms with Crippen molar-refractivity contribution >= 4 is 65.2 Å². The fourth-order valence-electron chi connectivity index (χ4n) is 8.69. The highest BCUT2D eigenvalue weighted by Crippen LogP contribution is 2.22. The Morgan fingerprint density at radius 3 is 1.78 bits per heavy atom. The van der Waals surface area contributed by atoms with Gasteiger partial charge in [-0.2, -0.15) is 0 Å². The van der Waals surface area contributed by atoms with Gasteiger partial charge in [0, 0.05) is 13.1 Å². The molecule has 438 valence electrons. The van der Waals surface area contributed by atoms with Gasteiger partial charge in [-0.05, 0) is 110 Å². The second-order valence-corrected chi connectivity index (χ2v) is 22.7. The molecule has 1 rings (SSSR count). The van der Waals surface area contributed by atoms with E-state index < -0.39 is 156 Å². The van der Waals surface area contributed by atoms with Gasteiger partial charge in [0.2, 0.25) is 53.2 Å². The van der Waals surface area contributed by atoms with Crippen LogP contribution in [0, 0.1) is 29.6 Å². The van der Waals surface area contributed by atoms with Crippen LogP contribution in [0.4, 0.5) is 4.79 Å². The number of hydrogen-bond acceptors (Lipinski definition) is 13. The Bertz CT molecular complexity index is 2090. The summed E-state index contributed by atoms with van der Waals surface area (Å²) in [6.07, 6.45) is 3.33. The Morgan fingerprint density at radius 2 is 1.27 bits per heavy atom. The number of carbonyl (C=O) groups excluding carboxylic acids is 11. The molecule has 23 nitrogen and oxygen atoms in total. The lowest BCUT2D eigenvalue weighted by Crippen LogP contribution is -2.65. The molecule has 0 radical (unpaired) electrons. The molecule has 0 saturated carbocycles. The Hall–Kier alpha value is -6.29. The van der Waals surface area contributed by atoms with Crippen molar-refractivity contribution in [2.45, 2.75) is 216 Å². The Morgan fingerprint density at radius 1 is 0.727 bits per heavy atom. The first-order chi connectivity index (χ1) is 35.6. The molecule has 1 aliphatic heterocycles. The highest BCUT2D eigenvalue weighted by molar-refractivity contribution is 5.99. The van der Waals surface area contributed by atoms with Crippen LogP contribution >= 0.6 is 0 Å². The van der Waals surface area contributed by atoms with Gasteiger partial charge in [-0.3, -0.25) is 47.9 Å². The predicted octanol–water partition coefficient (Wildman–Crippen LogP) is 2.35. The molecule has 1 fully saturated rings. The highest BCUT2D eigenvalue weighted by Gasteiger charge is 2.43. The Kier molecular flexibility index (Phi) is 28.4. The number of methoxy groups -OCH3 is 1. The minimum Gasteiger partial charge on any atom is -0.468 e. The van der Waals surface area contributed by atoms with E-state index in [2.05, 4.69) is 47.3 Å². The molecular formula is C54H94N10O13. The molecule has 11 atom stereocenters. The van der Waals surface area contributed by atoms with E-state index in [0.717, 1.165) is 0 Å². The molecule has 0 aromatic heterocycles. The molecule has 0 aromatic carbocycles. The summed E-state index contributed by atoms with van der Waals surface area (Å²) in [5, 5.41) is 21.5. The summed E-state index contributed by atoms with van der Waals surface area (Å²) in [4.78, 5) is 154. The summed E-state index contributed by atoms with van der Waals surface area (Å²) >= 11 is 0. The topological polar surface area (TPSA) is 309 Å². The van der Waals surface area contributed by atoms with Gasteiger partial charge in [-0.15, -0.1) is 0 Å². The summed E-state index contributed by atoms with van der Waals surface area (Å²) < 4.78 is 9.96. The van der Waals surface area contributed by atoms with Crippen LogP contribution in [-0.4, -0.2) is 162 Å². The molecule has 1 aliphatic rings. The smallest absolute Gasteiger partial charge is 0.408 e. The van der Waals surface area contributed by atoms with Crippen molar-refractivity contribution in [2.75, 3.05) is 20.7 Å². The van der Waals surface area contributed by atoms with Crippen LogP contribution in [0.5, 0.6) is 0 Å². The molecule has 8 N–H and O–H groups in total. The van der Waals surface area contributed by atoms with Gasteiger partial charge in [0.15, 0.2) is 0 Å². The van der Waals surface area contributed by atoms with Gasteiger partial charge in [0.05, 0.1) is 7.11 Å². The molecule has 0 bridgehead atoms. The lowest BCUT2D eigenvalue weighted by Gasteiger charge is -2.42. The lowest BCUT2D eigenvalue weighted by atomic mass is 9.94. The third-order valence-corrected chi connectivity index (χ3v) is 13.0. The second-order valence-electron chi connectivity index (χ2n) is 22.7. The number of allylic oxidation sites excluding steroid dienone is 2. The predicted molar refractivity (Wildman–Crippen MR) is 290 cm³/mol. The number of nitrogens with one attached hydrogen (secondary N) is 8. The summed E-state index contributed by atoms with van der Waals surface area (Å²) in [7, 11) is 2.60. The van der Waals surface area contributed by atoms with Crippen LogP contribution in [0.1, 0.15) is 150 Å². The van der Waals surface area contributed by atoms with Crippen LogP contribution < -0.4 is 42.5 Å². The number of carbonyl (C=O) groups is 11. The van der Waals surface area contributed by atoms with Crippen LogP contribution in [0.3, 0.4) is 0 Å². The van der Waals surface area contributed by atoms with E-state index in [-0.39, 0.29) is 37.5 Å². The van der Waals surface area contributed by atoms with E-state index in [1.807, 2.05) is 33.8 Å². The van der Waals surface area contributed by atoms with E-state index in [1.165, 1.54) is 37.8 Å². The number of amides is 10. The summed E-state index contributed by atoms with van der Waals surface area (Å²) in [5.74, 6) is -8.62. The average Bonchev–Trinajstić information content (AvgIpc) is 3.32. The first-order valence-electron chi connectivity index (χ1n) is 27.0.